The zero-order valence-electron chi connectivity index (χ0n) is 3.85. The number of allylic oxidation sites excluding steroid dienone is 2. The highest BCUT2D eigenvalue weighted by Crippen LogP contribution is 1.91. The molecule has 0 fully saturated rings. The highest BCUT2D eigenvalue weighted by molar-refractivity contribution is 8.01. The highest BCUT2D eigenvalue weighted by atomic mass is 32.2. The van der Waals surface area contributed by atoms with Crippen LogP contribution in [0.25, 0.3) is 0 Å². The van der Waals surface area contributed by atoms with E-state index in [-0.39, 0.29) is 0 Å². The largest absolute Gasteiger partial charge is 0.138 e. The molecule has 0 atom stereocenters. The van der Waals surface area contributed by atoms with Crippen molar-refractivity contribution in [2.24, 2.45) is 0 Å². The molecular weight excluding hydrogens is 92.1 g/mol. The van der Waals surface area contributed by atoms with Crippen molar-refractivity contribution in [2.75, 3.05) is 6.26 Å². The topological polar surface area (TPSA) is 0 Å². The first kappa shape index (κ1) is 5.83. The Morgan fingerprint density at radius 3 is 2.50 bits per heavy atom. The van der Waals surface area contributed by atoms with Crippen LogP contribution in [0.1, 0.15) is 0 Å². The predicted molar refractivity (Wildman–Crippen MR) is 32.9 cm³/mol. The van der Waals surface area contributed by atoms with Gasteiger partial charge in [-0.2, -0.15) is 0 Å². The summed E-state index contributed by atoms with van der Waals surface area (Å²) in [7, 11) is 0. The quantitative estimate of drug-likeness (QED) is 0.478. The average Bonchev–Trinajstić information content (AvgIpc) is 1.61. The van der Waals surface area contributed by atoms with Gasteiger partial charge in [0.15, 0.2) is 0 Å². The molecule has 0 aliphatic heterocycles. The van der Waals surface area contributed by atoms with Crippen molar-refractivity contribution in [1.82, 2.24) is 0 Å². The lowest BCUT2D eigenvalue weighted by molar-refractivity contribution is 2.12. The third-order valence-corrected chi connectivity index (χ3v) is 0.780. The van der Waals surface area contributed by atoms with Gasteiger partial charge < -0.3 is 0 Å². The normalized spacial score (nSPS) is 9.50. The highest BCUT2D eigenvalue weighted by Gasteiger charge is 1.54. The molecule has 0 rings (SSSR count). The summed E-state index contributed by atoms with van der Waals surface area (Å²) in [4.78, 5) is 0. The average molecular weight is 100 g/mol. The summed E-state index contributed by atoms with van der Waals surface area (Å²) in [5.74, 6) is 0. The van der Waals surface area contributed by atoms with E-state index >= 15 is 0 Å². The Morgan fingerprint density at radius 2 is 2.33 bits per heavy atom. The van der Waals surface area contributed by atoms with E-state index in [0.29, 0.717) is 0 Å². The zero-order valence-corrected chi connectivity index (χ0v) is 4.66. The summed E-state index contributed by atoms with van der Waals surface area (Å²) >= 11 is 1.67. The maximum atomic E-state index is 3.50. The molecule has 0 nitrogen and oxygen atoms in total. The molecule has 0 heterocycles. The Kier molecular flexibility index (Phi) is 4.69. The van der Waals surface area contributed by atoms with Crippen molar-refractivity contribution < 1.29 is 0 Å². The van der Waals surface area contributed by atoms with Crippen LogP contribution in [0.4, 0.5) is 0 Å². The minimum Gasteiger partial charge on any atom is -0.138 e. The number of hydrogen-bond acceptors (Lipinski definition) is 1. The molecule has 0 aliphatic carbocycles. The molecular formula is C5H8S. The smallest absolute Gasteiger partial charge is 0.0142 e. The van der Waals surface area contributed by atoms with E-state index in [1.165, 1.54) is 0 Å². The van der Waals surface area contributed by atoms with E-state index in [1.807, 2.05) is 17.7 Å². The van der Waals surface area contributed by atoms with Crippen LogP contribution in [0.15, 0.2) is 24.1 Å². The van der Waals surface area contributed by atoms with E-state index < -0.39 is 0 Å². The number of thioether (sulfide) groups is 1. The van der Waals surface area contributed by atoms with Gasteiger partial charge in [0, 0.05) is 0 Å². The first-order valence-electron chi connectivity index (χ1n) is 1.72. The Hall–Kier alpha value is -0.170. The first-order chi connectivity index (χ1) is 2.91. The summed E-state index contributed by atoms with van der Waals surface area (Å²) in [5.41, 5.74) is 0. The fourth-order valence-corrected chi connectivity index (χ4v) is 0.402. The Balaban J connectivity index is 2.94. The molecule has 0 aromatic heterocycles. The van der Waals surface area contributed by atoms with Crippen LogP contribution in [0.5, 0.6) is 0 Å². The standard InChI is InChI=1S/C5H8S/c1-3-4-5-6-2/h3-5H,1H2,2H3/b5-4-. The van der Waals surface area contributed by atoms with Crippen LogP contribution in [0, 0.1) is 0 Å². The SMILES string of the molecule is C=C/C=C\SC. The molecule has 0 spiro atoms. The van der Waals surface area contributed by atoms with E-state index in [0.717, 1.165) is 0 Å². The minimum absolute atomic E-state index is 1.67. The molecule has 1 heteroatoms. The molecule has 0 aromatic rings. The molecule has 34 valence electrons. The molecule has 0 aliphatic rings. The fraction of sp³-hybridized carbons (Fsp3) is 0.200. The van der Waals surface area contributed by atoms with Crippen LogP contribution in [-0.4, -0.2) is 6.26 Å². The van der Waals surface area contributed by atoms with Crippen molar-refractivity contribution in [3.63, 3.8) is 0 Å². The van der Waals surface area contributed by atoms with Crippen molar-refractivity contribution in [1.29, 1.82) is 0 Å². The zero-order chi connectivity index (χ0) is 4.83. The molecule has 0 unspecified atom stereocenters. The summed E-state index contributed by atoms with van der Waals surface area (Å²) in [6, 6.07) is 0. The maximum Gasteiger partial charge on any atom is -0.0142 e. The van der Waals surface area contributed by atoms with E-state index in [4.69, 9.17) is 0 Å². The third kappa shape index (κ3) is 3.83. The Bertz CT molecular complexity index is 55.0. The van der Waals surface area contributed by atoms with Crippen molar-refractivity contribution in [2.45, 2.75) is 0 Å². The molecule has 0 saturated heterocycles. The lowest BCUT2D eigenvalue weighted by atomic mass is 10.6. The van der Waals surface area contributed by atoms with Crippen molar-refractivity contribution >= 4 is 11.8 Å². The lowest BCUT2D eigenvalue weighted by Gasteiger charge is -1.68. The third-order valence-electron chi connectivity index (χ3n) is 0.351. The van der Waals surface area contributed by atoms with E-state index in [1.54, 1.807) is 17.8 Å². The van der Waals surface area contributed by atoms with Crippen LogP contribution in [0.3, 0.4) is 0 Å². The number of rotatable bonds is 2. The molecule has 0 aromatic carbocycles. The van der Waals surface area contributed by atoms with Gasteiger partial charge in [-0.3, -0.25) is 0 Å². The van der Waals surface area contributed by atoms with Gasteiger partial charge in [-0.25, -0.2) is 0 Å². The monoisotopic (exact) mass is 100 g/mol. The van der Waals surface area contributed by atoms with Crippen LogP contribution < -0.4 is 0 Å². The van der Waals surface area contributed by atoms with Crippen LogP contribution in [0.2, 0.25) is 0 Å². The fourth-order valence-electron chi connectivity index (χ4n) is 0.134. The summed E-state index contributed by atoms with van der Waals surface area (Å²) < 4.78 is 0. The number of hydrogen-bond donors (Lipinski definition) is 0. The molecule has 0 radical (unpaired) electrons. The molecule has 0 N–H and O–H groups in total. The molecule has 0 amide bonds. The predicted octanol–water partition coefficient (Wildman–Crippen LogP) is 2.05. The summed E-state index contributed by atoms with van der Waals surface area (Å²) in [6.45, 7) is 3.50. The van der Waals surface area contributed by atoms with Crippen LogP contribution >= 0.6 is 11.8 Å². The van der Waals surface area contributed by atoms with Gasteiger partial charge in [0.2, 0.25) is 0 Å². The second-order valence-electron chi connectivity index (χ2n) is 0.800. The Labute approximate surface area is 42.9 Å². The van der Waals surface area contributed by atoms with Gasteiger partial charge >= 0.3 is 0 Å². The molecule has 0 bridgehead atoms. The second-order valence-corrected chi connectivity index (χ2v) is 1.54. The first-order valence-corrected chi connectivity index (χ1v) is 3.01. The van der Waals surface area contributed by atoms with Gasteiger partial charge in [0.05, 0.1) is 0 Å². The van der Waals surface area contributed by atoms with Gasteiger partial charge in [-0.05, 0) is 11.7 Å². The second kappa shape index (κ2) is 4.83. The minimum atomic E-state index is 1.67. The maximum absolute atomic E-state index is 3.50. The lowest BCUT2D eigenvalue weighted by Crippen LogP contribution is -1.38. The van der Waals surface area contributed by atoms with Gasteiger partial charge in [0.25, 0.3) is 0 Å². The summed E-state index contributed by atoms with van der Waals surface area (Å²) in [6.07, 6.45) is 5.68. The van der Waals surface area contributed by atoms with E-state index in [9.17, 15) is 0 Å². The van der Waals surface area contributed by atoms with Crippen LogP contribution in [-0.2, 0) is 0 Å². The van der Waals surface area contributed by atoms with Gasteiger partial charge in [-0.1, -0.05) is 18.7 Å². The molecule has 6 heavy (non-hydrogen) atoms. The van der Waals surface area contributed by atoms with Crippen molar-refractivity contribution in [3.05, 3.63) is 24.1 Å². The molecule has 0 saturated carbocycles. The van der Waals surface area contributed by atoms with Gasteiger partial charge in [-0.15, -0.1) is 11.8 Å². The van der Waals surface area contributed by atoms with Crippen molar-refractivity contribution in [3.8, 4) is 0 Å². The van der Waals surface area contributed by atoms with E-state index in [2.05, 4.69) is 6.58 Å². The summed E-state index contributed by atoms with van der Waals surface area (Å²) in [5, 5.41) is 1.98. The Morgan fingerprint density at radius 1 is 1.67 bits per heavy atom. The van der Waals surface area contributed by atoms with Gasteiger partial charge in [0.1, 0.15) is 0 Å².